The van der Waals surface area contributed by atoms with E-state index >= 15 is 0 Å². The second-order valence-electron chi connectivity index (χ2n) is 3.59. The molecule has 17 heavy (non-hydrogen) atoms. The minimum Gasteiger partial charge on any atom is -0.376 e. The minimum absolute atomic E-state index is 0.680. The van der Waals surface area contributed by atoms with Crippen LogP contribution in [0, 0.1) is 11.8 Å². The van der Waals surface area contributed by atoms with Gasteiger partial charge in [-0.1, -0.05) is 53.8 Å². The molecule has 2 aromatic rings. The van der Waals surface area contributed by atoms with E-state index in [1.54, 1.807) is 12.1 Å². The molecule has 2 rings (SSSR count). The summed E-state index contributed by atoms with van der Waals surface area (Å²) >= 11 is 5.77. The molecule has 0 bridgehead atoms. The van der Waals surface area contributed by atoms with Gasteiger partial charge in [-0.05, 0) is 29.8 Å². The molecular formula is C15H11ClO. The average molecular weight is 243 g/mol. The fourth-order valence-electron chi connectivity index (χ4n) is 1.40. The van der Waals surface area contributed by atoms with Crippen molar-refractivity contribution in [1.82, 2.24) is 0 Å². The van der Waals surface area contributed by atoms with E-state index in [0.717, 1.165) is 11.1 Å². The van der Waals surface area contributed by atoms with Crippen LogP contribution in [0.4, 0.5) is 0 Å². The number of hydrogen-bond donors (Lipinski definition) is 1. The smallest absolute Gasteiger partial charge is 0.140 e. The van der Waals surface area contributed by atoms with Crippen LogP contribution in [0.15, 0.2) is 54.6 Å². The summed E-state index contributed by atoms with van der Waals surface area (Å²) in [6, 6.07) is 16.6. The molecule has 0 spiro atoms. The first-order valence-corrected chi connectivity index (χ1v) is 5.63. The van der Waals surface area contributed by atoms with E-state index in [-0.39, 0.29) is 0 Å². The highest BCUT2D eigenvalue weighted by atomic mass is 35.5. The van der Waals surface area contributed by atoms with Gasteiger partial charge in [0.15, 0.2) is 0 Å². The molecule has 1 unspecified atom stereocenters. The summed E-state index contributed by atoms with van der Waals surface area (Å²) in [6.07, 6.45) is -0.758. The topological polar surface area (TPSA) is 20.2 Å². The van der Waals surface area contributed by atoms with Gasteiger partial charge in [0, 0.05) is 10.6 Å². The number of aliphatic hydroxyl groups is 1. The Morgan fingerprint density at radius 2 is 1.59 bits per heavy atom. The Kier molecular flexibility index (Phi) is 3.82. The molecule has 1 N–H and O–H groups in total. The lowest BCUT2D eigenvalue weighted by Crippen LogP contribution is -1.92. The Morgan fingerprint density at radius 1 is 0.941 bits per heavy atom. The largest absolute Gasteiger partial charge is 0.376 e. The van der Waals surface area contributed by atoms with Gasteiger partial charge in [-0.15, -0.1) is 0 Å². The van der Waals surface area contributed by atoms with Crippen LogP contribution in [0.2, 0.25) is 5.02 Å². The number of rotatable bonds is 1. The lowest BCUT2D eigenvalue weighted by Gasteiger charge is -2.01. The maximum atomic E-state index is 9.84. The zero-order chi connectivity index (χ0) is 12.1. The highest BCUT2D eigenvalue weighted by Gasteiger charge is 2.00. The van der Waals surface area contributed by atoms with Gasteiger partial charge in [-0.25, -0.2) is 0 Å². The Hall–Kier alpha value is -1.75. The predicted octanol–water partition coefficient (Wildman–Crippen LogP) is 3.43. The molecule has 0 aromatic heterocycles. The summed E-state index contributed by atoms with van der Waals surface area (Å²) in [5.74, 6) is 5.71. The summed E-state index contributed by atoms with van der Waals surface area (Å²) in [6.45, 7) is 0. The summed E-state index contributed by atoms with van der Waals surface area (Å²) in [7, 11) is 0. The van der Waals surface area contributed by atoms with Crippen LogP contribution in [-0.2, 0) is 0 Å². The highest BCUT2D eigenvalue weighted by Crippen LogP contribution is 2.12. The van der Waals surface area contributed by atoms with Crippen LogP contribution in [0.25, 0.3) is 0 Å². The van der Waals surface area contributed by atoms with Crippen molar-refractivity contribution in [3.8, 4) is 11.8 Å². The number of aliphatic hydroxyl groups excluding tert-OH is 1. The first kappa shape index (κ1) is 11.7. The first-order chi connectivity index (χ1) is 8.25. The van der Waals surface area contributed by atoms with E-state index < -0.39 is 6.10 Å². The van der Waals surface area contributed by atoms with E-state index in [4.69, 9.17) is 11.6 Å². The Morgan fingerprint density at radius 3 is 2.24 bits per heavy atom. The first-order valence-electron chi connectivity index (χ1n) is 5.26. The zero-order valence-corrected chi connectivity index (χ0v) is 9.85. The molecule has 0 saturated heterocycles. The van der Waals surface area contributed by atoms with Gasteiger partial charge < -0.3 is 5.11 Å². The maximum Gasteiger partial charge on any atom is 0.140 e. The van der Waals surface area contributed by atoms with E-state index in [1.165, 1.54) is 0 Å². The molecule has 2 heteroatoms. The van der Waals surface area contributed by atoms with Crippen molar-refractivity contribution in [1.29, 1.82) is 0 Å². The summed E-state index contributed by atoms with van der Waals surface area (Å²) in [4.78, 5) is 0. The summed E-state index contributed by atoms with van der Waals surface area (Å²) < 4.78 is 0. The monoisotopic (exact) mass is 242 g/mol. The number of halogens is 1. The van der Waals surface area contributed by atoms with E-state index in [0.29, 0.717) is 5.02 Å². The highest BCUT2D eigenvalue weighted by molar-refractivity contribution is 6.30. The van der Waals surface area contributed by atoms with Crippen molar-refractivity contribution in [3.63, 3.8) is 0 Å². The molecule has 0 fully saturated rings. The van der Waals surface area contributed by atoms with Gasteiger partial charge in [0.1, 0.15) is 6.10 Å². The van der Waals surface area contributed by atoms with Gasteiger partial charge in [0.25, 0.3) is 0 Å². The molecule has 84 valence electrons. The molecule has 0 saturated carbocycles. The van der Waals surface area contributed by atoms with E-state index in [2.05, 4.69) is 11.8 Å². The van der Waals surface area contributed by atoms with E-state index in [1.807, 2.05) is 42.5 Å². The standard InChI is InChI=1S/C15H11ClO/c16-14-9-6-12(7-10-14)8-11-15(17)13-4-2-1-3-5-13/h1-7,9-10,15,17H. The summed E-state index contributed by atoms with van der Waals surface area (Å²) in [5.41, 5.74) is 1.64. The van der Waals surface area contributed by atoms with Gasteiger partial charge in [0.2, 0.25) is 0 Å². The third-order valence-corrected chi connectivity index (χ3v) is 2.56. The quantitative estimate of drug-likeness (QED) is 0.760. The molecule has 0 aliphatic heterocycles. The normalized spacial score (nSPS) is 11.4. The second-order valence-corrected chi connectivity index (χ2v) is 4.03. The van der Waals surface area contributed by atoms with Crippen molar-refractivity contribution in [3.05, 3.63) is 70.7 Å². The van der Waals surface area contributed by atoms with Crippen molar-refractivity contribution in [2.24, 2.45) is 0 Å². The van der Waals surface area contributed by atoms with Crippen LogP contribution in [-0.4, -0.2) is 5.11 Å². The number of hydrogen-bond acceptors (Lipinski definition) is 1. The van der Waals surface area contributed by atoms with Gasteiger partial charge in [-0.2, -0.15) is 0 Å². The van der Waals surface area contributed by atoms with Gasteiger partial charge in [0.05, 0.1) is 0 Å². The molecule has 0 aliphatic carbocycles. The molecule has 1 nitrogen and oxygen atoms in total. The van der Waals surface area contributed by atoms with Crippen molar-refractivity contribution < 1.29 is 5.11 Å². The Balaban J connectivity index is 2.14. The van der Waals surface area contributed by atoms with Crippen LogP contribution in [0.5, 0.6) is 0 Å². The Labute approximate surface area is 106 Å². The lowest BCUT2D eigenvalue weighted by molar-refractivity contribution is 0.238. The van der Waals surface area contributed by atoms with Crippen LogP contribution >= 0.6 is 11.6 Å². The minimum atomic E-state index is -0.758. The molecule has 0 amide bonds. The van der Waals surface area contributed by atoms with Gasteiger partial charge in [-0.3, -0.25) is 0 Å². The molecule has 1 atom stereocenters. The third-order valence-electron chi connectivity index (χ3n) is 2.31. The molecule has 0 radical (unpaired) electrons. The second kappa shape index (κ2) is 5.54. The third kappa shape index (κ3) is 3.35. The van der Waals surface area contributed by atoms with Crippen LogP contribution in [0.3, 0.4) is 0 Å². The molecular weight excluding hydrogens is 232 g/mol. The van der Waals surface area contributed by atoms with E-state index in [9.17, 15) is 5.11 Å². The van der Waals surface area contributed by atoms with Crippen LogP contribution < -0.4 is 0 Å². The zero-order valence-electron chi connectivity index (χ0n) is 9.10. The fourth-order valence-corrected chi connectivity index (χ4v) is 1.53. The van der Waals surface area contributed by atoms with Gasteiger partial charge >= 0.3 is 0 Å². The molecule has 0 aliphatic rings. The SMILES string of the molecule is OC(C#Cc1ccc(Cl)cc1)c1ccccc1. The summed E-state index contributed by atoms with van der Waals surface area (Å²) in [5, 5.41) is 10.5. The Bertz CT molecular complexity index is 535. The van der Waals surface area contributed by atoms with Crippen molar-refractivity contribution >= 4 is 11.6 Å². The molecule has 0 heterocycles. The maximum absolute atomic E-state index is 9.84. The number of benzene rings is 2. The van der Waals surface area contributed by atoms with Crippen LogP contribution in [0.1, 0.15) is 17.2 Å². The fraction of sp³-hybridized carbons (Fsp3) is 0.0667. The average Bonchev–Trinajstić information content (AvgIpc) is 2.39. The predicted molar refractivity (Wildman–Crippen MR) is 69.7 cm³/mol. The van der Waals surface area contributed by atoms with Crippen molar-refractivity contribution in [2.45, 2.75) is 6.10 Å². The molecule has 2 aromatic carbocycles. The van der Waals surface area contributed by atoms with Crippen molar-refractivity contribution in [2.75, 3.05) is 0 Å². The lowest BCUT2D eigenvalue weighted by atomic mass is 10.1.